The lowest BCUT2D eigenvalue weighted by Gasteiger charge is -2.20. The molecule has 198 valence electrons. The van der Waals surface area contributed by atoms with E-state index < -0.39 is 22.9 Å². The zero-order valence-electron chi connectivity index (χ0n) is 21.6. The third-order valence-electron chi connectivity index (χ3n) is 6.48. The van der Waals surface area contributed by atoms with E-state index in [0.717, 1.165) is 22.4 Å². The molecular weight excluding hydrogens is 490 g/mol. The third-order valence-corrected chi connectivity index (χ3v) is 6.48. The van der Waals surface area contributed by atoms with Crippen molar-refractivity contribution in [2.24, 2.45) is 0 Å². The SMILES string of the molecule is COc1cccc(-c2c(C)n(Cc3c(F)cccc3F)c(=O)n(C[C@@H](C)NCCc3ccccn3)c2=O)c1. The van der Waals surface area contributed by atoms with Gasteiger partial charge in [-0.25, -0.2) is 13.6 Å². The van der Waals surface area contributed by atoms with Crippen LogP contribution in [0, 0.1) is 18.6 Å². The molecule has 0 bridgehead atoms. The van der Waals surface area contributed by atoms with Crippen molar-refractivity contribution in [1.82, 2.24) is 19.4 Å². The van der Waals surface area contributed by atoms with Gasteiger partial charge in [0.1, 0.15) is 17.4 Å². The Morgan fingerprint density at radius 2 is 1.74 bits per heavy atom. The zero-order valence-corrected chi connectivity index (χ0v) is 21.6. The minimum absolute atomic E-state index is 0.0664. The van der Waals surface area contributed by atoms with Gasteiger partial charge in [-0.1, -0.05) is 24.3 Å². The van der Waals surface area contributed by atoms with Crippen molar-refractivity contribution in [1.29, 1.82) is 0 Å². The van der Waals surface area contributed by atoms with E-state index in [1.165, 1.54) is 17.7 Å². The number of pyridine rings is 1. The van der Waals surface area contributed by atoms with Gasteiger partial charge in [0.05, 0.1) is 19.2 Å². The number of nitrogens with zero attached hydrogens (tertiary/aromatic N) is 3. The van der Waals surface area contributed by atoms with E-state index in [4.69, 9.17) is 4.74 Å². The smallest absolute Gasteiger partial charge is 0.331 e. The predicted octanol–water partition coefficient (Wildman–Crippen LogP) is 3.94. The maximum absolute atomic E-state index is 14.5. The topological polar surface area (TPSA) is 78.2 Å². The summed E-state index contributed by atoms with van der Waals surface area (Å²) < 4.78 is 36.8. The number of halogens is 2. The second kappa shape index (κ2) is 12.0. The van der Waals surface area contributed by atoms with Gasteiger partial charge >= 0.3 is 5.69 Å². The molecule has 0 spiro atoms. The first-order valence-corrected chi connectivity index (χ1v) is 12.3. The largest absolute Gasteiger partial charge is 0.497 e. The van der Waals surface area contributed by atoms with Crippen LogP contribution in [0.1, 0.15) is 23.9 Å². The number of ether oxygens (including phenoxy) is 1. The number of methoxy groups -OCH3 is 1. The Bertz CT molecular complexity index is 1510. The van der Waals surface area contributed by atoms with E-state index >= 15 is 0 Å². The van der Waals surface area contributed by atoms with Crippen LogP contribution in [-0.2, 0) is 19.5 Å². The number of hydrogen-bond donors (Lipinski definition) is 1. The molecule has 2 aromatic heterocycles. The molecule has 0 amide bonds. The molecule has 4 rings (SSSR count). The molecule has 0 aliphatic rings. The highest BCUT2D eigenvalue weighted by Gasteiger charge is 2.21. The Labute approximate surface area is 219 Å². The number of benzene rings is 2. The fourth-order valence-electron chi connectivity index (χ4n) is 4.43. The van der Waals surface area contributed by atoms with E-state index in [1.807, 2.05) is 25.1 Å². The summed E-state index contributed by atoms with van der Waals surface area (Å²) in [7, 11) is 1.52. The predicted molar refractivity (Wildman–Crippen MR) is 143 cm³/mol. The van der Waals surface area contributed by atoms with Crippen molar-refractivity contribution in [3.05, 3.63) is 116 Å². The highest BCUT2D eigenvalue weighted by molar-refractivity contribution is 5.66. The van der Waals surface area contributed by atoms with Crippen molar-refractivity contribution >= 4 is 0 Å². The molecule has 1 N–H and O–H groups in total. The monoisotopic (exact) mass is 520 g/mol. The van der Waals surface area contributed by atoms with Crippen molar-refractivity contribution in [3.8, 4) is 16.9 Å². The van der Waals surface area contributed by atoms with Crippen LogP contribution in [0.5, 0.6) is 5.75 Å². The van der Waals surface area contributed by atoms with Gasteiger partial charge in [-0.3, -0.25) is 18.9 Å². The average molecular weight is 521 g/mol. The van der Waals surface area contributed by atoms with E-state index in [1.54, 1.807) is 37.4 Å². The van der Waals surface area contributed by atoms with Gasteiger partial charge in [-0.15, -0.1) is 0 Å². The van der Waals surface area contributed by atoms with Crippen molar-refractivity contribution < 1.29 is 13.5 Å². The van der Waals surface area contributed by atoms with Crippen molar-refractivity contribution in [3.63, 3.8) is 0 Å². The van der Waals surface area contributed by atoms with Gasteiger partial charge in [0.15, 0.2) is 0 Å². The van der Waals surface area contributed by atoms with Crippen LogP contribution in [-0.4, -0.2) is 33.8 Å². The lowest BCUT2D eigenvalue weighted by molar-refractivity contribution is 0.415. The van der Waals surface area contributed by atoms with Crippen molar-refractivity contribution in [2.75, 3.05) is 13.7 Å². The summed E-state index contributed by atoms with van der Waals surface area (Å²) in [5.74, 6) is -0.988. The quantitative estimate of drug-likeness (QED) is 0.343. The minimum atomic E-state index is -0.762. The fraction of sp³-hybridized carbons (Fsp3) is 0.276. The fourth-order valence-corrected chi connectivity index (χ4v) is 4.43. The van der Waals surface area contributed by atoms with Crippen LogP contribution in [0.25, 0.3) is 11.1 Å². The second-order valence-corrected chi connectivity index (χ2v) is 9.10. The lowest BCUT2D eigenvalue weighted by atomic mass is 10.0. The molecule has 0 radical (unpaired) electrons. The molecular formula is C29H30F2N4O3. The van der Waals surface area contributed by atoms with Gasteiger partial charge in [-0.05, 0) is 55.8 Å². The van der Waals surface area contributed by atoms with Gasteiger partial charge in [0.25, 0.3) is 5.56 Å². The molecule has 0 saturated carbocycles. The van der Waals surface area contributed by atoms with Crippen LogP contribution in [0.4, 0.5) is 8.78 Å². The molecule has 2 heterocycles. The van der Waals surface area contributed by atoms with Gasteiger partial charge in [0.2, 0.25) is 0 Å². The van der Waals surface area contributed by atoms with Crippen LogP contribution in [0.15, 0.2) is 76.4 Å². The molecule has 4 aromatic rings. The second-order valence-electron chi connectivity index (χ2n) is 9.10. The number of nitrogens with one attached hydrogen (secondary N) is 1. The van der Waals surface area contributed by atoms with E-state index in [0.29, 0.717) is 30.0 Å². The molecule has 7 nitrogen and oxygen atoms in total. The van der Waals surface area contributed by atoms with Crippen molar-refractivity contribution in [2.45, 2.75) is 39.4 Å². The number of hydrogen-bond acceptors (Lipinski definition) is 5. The van der Waals surface area contributed by atoms with Gasteiger partial charge < -0.3 is 10.1 Å². The first-order valence-electron chi connectivity index (χ1n) is 12.3. The maximum Gasteiger partial charge on any atom is 0.331 e. The first kappa shape index (κ1) is 26.9. The molecule has 38 heavy (non-hydrogen) atoms. The Kier molecular flexibility index (Phi) is 8.48. The average Bonchev–Trinajstić information content (AvgIpc) is 2.91. The van der Waals surface area contributed by atoms with Crippen LogP contribution >= 0.6 is 0 Å². The molecule has 1 atom stereocenters. The Morgan fingerprint density at radius 1 is 1.00 bits per heavy atom. The Balaban J connectivity index is 1.74. The number of rotatable bonds is 10. The molecule has 2 aromatic carbocycles. The molecule has 0 unspecified atom stereocenters. The molecule has 0 aliphatic carbocycles. The molecule has 0 saturated heterocycles. The van der Waals surface area contributed by atoms with Crippen LogP contribution in [0.3, 0.4) is 0 Å². The standard InChI is InChI=1S/C29H30F2N4O3/c1-19(32-15-13-22-9-4-5-14-33-22)17-35-28(36)27(21-8-6-10-23(16-21)38-3)20(2)34(29(35)37)18-24-25(30)11-7-12-26(24)31/h4-12,14,16,19,32H,13,15,17-18H2,1-3H3/t19-/m1/s1. The maximum atomic E-state index is 14.5. The molecule has 9 heteroatoms. The first-order chi connectivity index (χ1) is 18.3. The Hall–Kier alpha value is -4.11. The minimum Gasteiger partial charge on any atom is -0.497 e. The summed E-state index contributed by atoms with van der Waals surface area (Å²) in [5.41, 5.74) is 0.669. The van der Waals surface area contributed by atoms with Crippen LogP contribution in [0.2, 0.25) is 0 Å². The van der Waals surface area contributed by atoms with E-state index in [2.05, 4.69) is 10.3 Å². The van der Waals surface area contributed by atoms with Crippen LogP contribution < -0.4 is 21.3 Å². The molecule has 0 aliphatic heterocycles. The normalized spacial score (nSPS) is 11.9. The van der Waals surface area contributed by atoms with E-state index in [9.17, 15) is 18.4 Å². The summed E-state index contributed by atoms with van der Waals surface area (Å²) in [4.78, 5) is 31.6. The van der Waals surface area contributed by atoms with E-state index in [-0.39, 0.29) is 30.3 Å². The summed E-state index contributed by atoms with van der Waals surface area (Å²) in [6, 6.07) is 15.9. The van der Waals surface area contributed by atoms with Gasteiger partial charge in [-0.2, -0.15) is 0 Å². The summed E-state index contributed by atoms with van der Waals surface area (Å²) in [5, 5.41) is 3.33. The van der Waals surface area contributed by atoms with Gasteiger partial charge in [0, 0.05) is 48.7 Å². The zero-order chi connectivity index (χ0) is 27.2. The summed E-state index contributed by atoms with van der Waals surface area (Å²) in [6.07, 6.45) is 2.41. The molecule has 0 fully saturated rings. The highest BCUT2D eigenvalue weighted by atomic mass is 19.1. The summed E-state index contributed by atoms with van der Waals surface area (Å²) >= 11 is 0. The Morgan fingerprint density at radius 3 is 2.42 bits per heavy atom. The number of aromatic nitrogens is 3. The lowest BCUT2D eigenvalue weighted by Crippen LogP contribution is -2.46. The third kappa shape index (κ3) is 5.89. The summed E-state index contributed by atoms with van der Waals surface area (Å²) in [6.45, 7) is 3.78. The highest BCUT2D eigenvalue weighted by Crippen LogP contribution is 2.24.